The Kier molecular flexibility index (Phi) is 14.4. The molecule has 12 heteroatoms. The number of rotatable bonds is 16. The molecule has 0 rings (SSSR count). The molecule has 0 atom stereocenters. The van der Waals surface area contributed by atoms with Gasteiger partial charge in [-0.15, -0.1) is 0 Å². The number of carbonyl (C=O) groups excluding carboxylic acids is 1. The SMILES string of the molecule is CC/C=C\C/C=C/C/C=C/CCCCCCCC(=O)OC(CS(=O)(=O)O)(C(F)(F)F)C(F)(F)F. The number of ether oxygens (including phenoxy) is 1. The first-order valence-corrected chi connectivity index (χ1v) is 12.5. The van der Waals surface area contributed by atoms with Gasteiger partial charge in [-0.1, -0.05) is 62.6 Å². The van der Waals surface area contributed by atoms with E-state index in [4.69, 9.17) is 4.55 Å². The van der Waals surface area contributed by atoms with E-state index < -0.39 is 46.2 Å². The molecule has 0 aliphatic heterocycles. The smallest absolute Gasteiger partial charge is 0.438 e. The van der Waals surface area contributed by atoms with Crippen LogP contribution in [0.1, 0.15) is 71.1 Å². The van der Waals surface area contributed by atoms with E-state index in [0.29, 0.717) is 12.8 Å². The van der Waals surface area contributed by atoms with Gasteiger partial charge in [-0.25, -0.2) is 0 Å². The summed E-state index contributed by atoms with van der Waals surface area (Å²) in [4.78, 5) is 11.7. The van der Waals surface area contributed by atoms with Gasteiger partial charge in [-0.2, -0.15) is 34.8 Å². The van der Waals surface area contributed by atoms with E-state index in [-0.39, 0.29) is 6.42 Å². The highest BCUT2D eigenvalue weighted by atomic mass is 32.2. The molecule has 0 heterocycles. The first kappa shape index (κ1) is 32.2. The second-order valence-corrected chi connectivity index (χ2v) is 9.08. The third-order valence-corrected chi connectivity index (χ3v) is 5.39. The minimum absolute atomic E-state index is 0.0242. The molecule has 0 amide bonds. The van der Waals surface area contributed by atoms with Crippen molar-refractivity contribution in [2.45, 2.75) is 89.1 Å². The zero-order valence-electron chi connectivity index (χ0n) is 19.0. The van der Waals surface area contributed by atoms with Gasteiger partial charge in [0.2, 0.25) is 0 Å². The Hall–Kier alpha value is -1.82. The highest BCUT2D eigenvalue weighted by molar-refractivity contribution is 7.85. The van der Waals surface area contributed by atoms with Gasteiger partial charge in [-0.3, -0.25) is 9.35 Å². The fourth-order valence-electron chi connectivity index (χ4n) is 2.86. The van der Waals surface area contributed by atoms with Gasteiger partial charge < -0.3 is 4.74 Å². The van der Waals surface area contributed by atoms with Crippen molar-refractivity contribution < 1.29 is 48.8 Å². The molecule has 34 heavy (non-hydrogen) atoms. The van der Waals surface area contributed by atoms with Crippen LogP contribution in [0, 0.1) is 0 Å². The summed E-state index contributed by atoms with van der Waals surface area (Å²) in [6.07, 6.45) is 5.08. The molecule has 0 bridgehead atoms. The zero-order chi connectivity index (χ0) is 26.3. The van der Waals surface area contributed by atoms with Gasteiger partial charge in [0.15, 0.2) is 0 Å². The number of halogens is 6. The summed E-state index contributed by atoms with van der Waals surface area (Å²) >= 11 is 0. The molecule has 0 spiro atoms. The maximum atomic E-state index is 13.1. The summed E-state index contributed by atoms with van der Waals surface area (Å²) in [7, 11) is -5.77. The standard InChI is InChI=1S/C22H32F6O5S/c1-2-3-4-5-6-7-8-9-10-11-12-13-14-15-16-17-19(29)33-20(21(23,24)25,22(26,27)28)18-34(30,31)32/h3-4,6-7,9-10H,2,5,8,11-18H2,1H3,(H,30,31,32)/b4-3-,7-6+,10-9+. The van der Waals surface area contributed by atoms with Gasteiger partial charge in [0.25, 0.3) is 10.1 Å². The van der Waals surface area contributed by atoms with Crippen LogP contribution >= 0.6 is 0 Å². The molecule has 0 unspecified atom stereocenters. The van der Waals surface area contributed by atoms with Crippen LogP contribution in [0.5, 0.6) is 0 Å². The molecule has 0 fully saturated rings. The average Bonchev–Trinajstić information content (AvgIpc) is 2.67. The third kappa shape index (κ3) is 13.2. The monoisotopic (exact) mass is 522 g/mol. The summed E-state index contributed by atoms with van der Waals surface area (Å²) in [5, 5.41) is 0. The van der Waals surface area contributed by atoms with Gasteiger partial charge in [0.1, 0.15) is 5.75 Å². The number of alkyl halides is 6. The summed E-state index contributed by atoms with van der Waals surface area (Å²) < 4.78 is 112. The van der Waals surface area contributed by atoms with Crippen LogP contribution in [-0.4, -0.2) is 42.6 Å². The van der Waals surface area contributed by atoms with E-state index in [1.807, 2.05) is 12.2 Å². The Labute approximate surface area is 196 Å². The molecular formula is C22H32F6O5S. The topological polar surface area (TPSA) is 80.7 Å². The van der Waals surface area contributed by atoms with Crippen molar-refractivity contribution in [2.24, 2.45) is 0 Å². The Morgan fingerprint density at radius 3 is 1.76 bits per heavy atom. The molecule has 1 N–H and O–H groups in total. The summed E-state index contributed by atoms with van der Waals surface area (Å²) in [6.45, 7) is 2.06. The molecular weight excluding hydrogens is 490 g/mol. The lowest BCUT2D eigenvalue weighted by atomic mass is 10.1. The van der Waals surface area contributed by atoms with Crippen LogP contribution in [0.2, 0.25) is 0 Å². The van der Waals surface area contributed by atoms with Crippen LogP contribution in [0.25, 0.3) is 0 Å². The van der Waals surface area contributed by atoms with Crippen molar-refractivity contribution in [3.05, 3.63) is 36.5 Å². The van der Waals surface area contributed by atoms with Crippen molar-refractivity contribution >= 4 is 16.1 Å². The predicted molar refractivity (Wildman–Crippen MR) is 117 cm³/mol. The molecule has 0 aromatic rings. The Morgan fingerprint density at radius 1 is 0.794 bits per heavy atom. The van der Waals surface area contributed by atoms with Crippen LogP contribution in [0.15, 0.2) is 36.5 Å². The van der Waals surface area contributed by atoms with Crippen molar-refractivity contribution in [1.82, 2.24) is 0 Å². The zero-order valence-corrected chi connectivity index (χ0v) is 19.8. The molecule has 0 radical (unpaired) electrons. The Morgan fingerprint density at radius 2 is 1.26 bits per heavy atom. The fourth-order valence-corrected chi connectivity index (χ4v) is 3.76. The van der Waals surface area contributed by atoms with Crippen molar-refractivity contribution in [1.29, 1.82) is 0 Å². The molecule has 0 aromatic carbocycles. The number of unbranched alkanes of at least 4 members (excludes halogenated alkanes) is 5. The lowest BCUT2D eigenvalue weighted by molar-refractivity contribution is -0.361. The van der Waals surface area contributed by atoms with Crippen LogP contribution in [0.3, 0.4) is 0 Å². The lowest BCUT2D eigenvalue weighted by Crippen LogP contribution is -2.63. The van der Waals surface area contributed by atoms with E-state index in [0.717, 1.165) is 38.5 Å². The van der Waals surface area contributed by atoms with E-state index in [1.54, 1.807) is 0 Å². The summed E-state index contributed by atoms with van der Waals surface area (Å²) in [5.41, 5.74) is -5.33. The molecule has 0 aliphatic carbocycles. The van der Waals surface area contributed by atoms with Crippen LogP contribution in [0.4, 0.5) is 26.3 Å². The third-order valence-electron chi connectivity index (χ3n) is 4.62. The summed E-state index contributed by atoms with van der Waals surface area (Å²) in [6, 6.07) is 0. The first-order valence-electron chi connectivity index (χ1n) is 10.9. The van der Waals surface area contributed by atoms with Crippen LogP contribution < -0.4 is 0 Å². The molecule has 0 saturated heterocycles. The largest absolute Gasteiger partial charge is 0.438 e. The quantitative estimate of drug-likeness (QED) is 0.0787. The van der Waals surface area contributed by atoms with Gasteiger partial charge in [-0.05, 0) is 38.5 Å². The molecule has 0 aromatic heterocycles. The average molecular weight is 523 g/mol. The lowest BCUT2D eigenvalue weighted by Gasteiger charge is -2.35. The predicted octanol–water partition coefficient (Wildman–Crippen LogP) is 6.87. The molecule has 198 valence electrons. The molecule has 0 aliphatic rings. The molecule has 5 nitrogen and oxygen atoms in total. The van der Waals surface area contributed by atoms with Gasteiger partial charge in [0, 0.05) is 6.42 Å². The van der Waals surface area contributed by atoms with Crippen LogP contribution in [-0.2, 0) is 19.6 Å². The van der Waals surface area contributed by atoms with Gasteiger partial charge >= 0.3 is 23.9 Å². The minimum atomic E-state index is -6.30. The fraction of sp³-hybridized carbons (Fsp3) is 0.682. The number of esters is 1. The van der Waals surface area contributed by atoms with Crippen molar-refractivity contribution in [2.75, 3.05) is 5.75 Å². The number of hydrogen-bond donors (Lipinski definition) is 1. The first-order chi connectivity index (χ1) is 15.7. The van der Waals surface area contributed by atoms with E-state index >= 15 is 0 Å². The van der Waals surface area contributed by atoms with Crippen molar-refractivity contribution in [3.8, 4) is 0 Å². The highest BCUT2D eigenvalue weighted by Gasteiger charge is 2.75. The van der Waals surface area contributed by atoms with Gasteiger partial charge in [0.05, 0.1) is 0 Å². The molecule has 0 saturated carbocycles. The Balaban J connectivity index is 4.38. The minimum Gasteiger partial charge on any atom is -0.438 e. The maximum absolute atomic E-state index is 13.1. The maximum Gasteiger partial charge on any atom is 0.438 e. The Bertz CT molecular complexity index is 769. The summed E-state index contributed by atoms with van der Waals surface area (Å²) in [5.74, 6) is -4.71. The van der Waals surface area contributed by atoms with E-state index in [1.165, 1.54) is 0 Å². The van der Waals surface area contributed by atoms with E-state index in [9.17, 15) is 39.6 Å². The second-order valence-electron chi connectivity index (χ2n) is 7.62. The number of allylic oxidation sites excluding steroid dienone is 6. The second kappa shape index (κ2) is 15.2. The number of carbonyl (C=O) groups is 1. The van der Waals surface area contributed by atoms with Crippen molar-refractivity contribution in [3.63, 3.8) is 0 Å². The van der Waals surface area contributed by atoms with E-state index in [2.05, 4.69) is 36.0 Å². The number of hydrogen-bond acceptors (Lipinski definition) is 4. The highest BCUT2D eigenvalue weighted by Crippen LogP contribution is 2.47. The normalized spacial score (nSPS) is 14.0.